The van der Waals surface area contributed by atoms with Crippen molar-refractivity contribution in [3.63, 3.8) is 0 Å². The van der Waals surface area contributed by atoms with Gasteiger partial charge in [-0.2, -0.15) is 0 Å². The van der Waals surface area contributed by atoms with Crippen molar-refractivity contribution in [2.45, 2.75) is 6.92 Å². The molecular weight excluding hydrogens is 102 g/mol. The number of nitrogens with two attached hydrogens (primary N) is 1. The second-order valence-electron chi connectivity index (χ2n) is 1.63. The van der Waals surface area contributed by atoms with Gasteiger partial charge >= 0.3 is 0 Å². The van der Waals surface area contributed by atoms with Crippen molar-refractivity contribution in [3.8, 4) is 0 Å². The summed E-state index contributed by atoms with van der Waals surface area (Å²) in [6, 6.07) is 0. The molecule has 0 aromatic heterocycles. The number of hydrogen-bond acceptors (Lipinski definition) is 2. The molecule has 0 fully saturated rings. The third-order valence-electron chi connectivity index (χ3n) is 0.920. The Morgan fingerprint density at radius 3 is 2.38 bits per heavy atom. The molecule has 0 atom stereocenters. The van der Waals surface area contributed by atoms with E-state index < -0.39 is 0 Å². The van der Waals surface area contributed by atoms with Gasteiger partial charge in [-0.05, 0) is 18.7 Å². The van der Waals surface area contributed by atoms with Gasteiger partial charge in [0.15, 0.2) is 0 Å². The highest BCUT2D eigenvalue weighted by Gasteiger charge is 1.90. The van der Waals surface area contributed by atoms with Gasteiger partial charge in [0, 0.05) is 0 Å². The third kappa shape index (κ3) is 1.80. The molecule has 0 bridgehead atoms. The molecule has 2 heteroatoms. The molecule has 0 heterocycles. The maximum Gasteiger partial charge on any atom is 0.0698 e. The second-order valence-corrected chi connectivity index (χ2v) is 1.63. The molecule has 0 saturated heterocycles. The van der Waals surface area contributed by atoms with Gasteiger partial charge in [-0.3, -0.25) is 0 Å². The lowest BCUT2D eigenvalue weighted by Crippen LogP contribution is -1.94. The summed E-state index contributed by atoms with van der Waals surface area (Å²) in [6.07, 6.45) is 1.36. The molecule has 3 N–H and O–H groups in total. The average Bonchev–Trinajstić information content (AvgIpc) is 1.69. The fourth-order valence-electron chi connectivity index (χ4n) is 0.330. The van der Waals surface area contributed by atoms with Crippen molar-refractivity contribution in [1.29, 1.82) is 0 Å². The van der Waals surface area contributed by atoms with Crippen LogP contribution in [0.2, 0.25) is 0 Å². The van der Waals surface area contributed by atoms with Crippen LogP contribution in [0, 0.1) is 0 Å². The van der Waals surface area contributed by atoms with Crippen molar-refractivity contribution in [3.05, 3.63) is 23.9 Å². The van der Waals surface area contributed by atoms with Crippen LogP contribution in [-0.2, 0) is 0 Å². The maximum atomic E-state index is 8.49. The van der Waals surface area contributed by atoms with Gasteiger partial charge < -0.3 is 10.8 Å². The van der Waals surface area contributed by atoms with E-state index in [9.17, 15) is 0 Å². The van der Waals surface area contributed by atoms with Gasteiger partial charge in [0.2, 0.25) is 0 Å². The normalized spacial score (nSPS) is 11.5. The molecule has 0 aliphatic heterocycles. The standard InChI is InChI=1S/C6H11NO/c1-5(2)6(3-7)4-8/h3,8H,1,4,7H2,2H3/b6-3-. The molecule has 2 nitrogen and oxygen atoms in total. The smallest absolute Gasteiger partial charge is 0.0698 e. The Labute approximate surface area is 49.3 Å². The maximum absolute atomic E-state index is 8.49. The zero-order valence-corrected chi connectivity index (χ0v) is 5.02. The van der Waals surface area contributed by atoms with Gasteiger partial charge in [0.25, 0.3) is 0 Å². The van der Waals surface area contributed by atoms with Crippen LogP contribution in [0.25, 0.3) is 0 Å². The lowest BCUT2D eigenvalue weighted by Gasteiger charge is -1.97. The van der Waals surface area contributed by atoms with Crippen LogP contribution in [0.5, 0.6) is 0 Å². The van der Waals surface area contributed by atoms with E-state index in [-0.39, 0.29) is 6.61 Å². The molecule has 46 valence electrons. The van der Waals surface area contributed by atoms with E-state index in [1.54, 1.807) is 6.92 Å². The first-order chi connectivity index (χ1) is 3.72. The molecule has 0 rings (SSSR count). The first-order valence-electron chi connectivity index (χ1n) is 2.40. The van der Waals surface area contributed by atoms with Gasteiger partial charge in [0.1, 0.15) is 0 Å². The summed E-state index contributed by atoms with van der Waals surface area (Å²) in [6.45, 7) is 5.37. The van der Waals surface area contributed by atoms with Crippen molar-refractivity contribution in [2.75, 3.05) is 6.61 Å². The van der Waals surface area contributed by atoms with Crippen LogP contribution in [0.4, 0.5) is 0 Å². The minimum Gasteiger partial charge on any atom is -0.404 e. The largest absolute Gasteiger partial charge is 0.404 e. The summed E-state index contributed by atoms with van der Waals surface area (Å²) in [4.78, 5) is 0. The molecule has 0 aliphatic carbocycles. The van der Waals surface area contributed by atoms with E-state index >= 15 is 0 Å². The number of aliphatic hydroxyl groups excluding tert-OH is 1. The molecule has 0 aromatic carbocycles. The Kier molecular flexibility index (Phi) is 2.96. The Morgan fingerprint density at radius 1 is 1.88 bits per heavy atom. The molecule has 0 unspecified atom stereocenters. The number of aliphatic hydroxyl groups is 1. The van der Waals surface area contributed by atoms with Crippen LogP contribution >= 0.6 is 0 Å². The van der Waals surface area contributed by atoms with Gasteiger partial charge in [-0.15, -0.1) is 0 Å². The summed E-state index contributed by atoms with van der Waals surface area (Å²) in [5.41, 5.74) is 6.62. The Bertz CT molecular complexity index is 116. The molecular formula is C6H11NO. The average molecular weight is 113 g/mol. The van der Waals surface area contributed by atoms with Crippen LogP contribution in [0.1, 0.15) is 6.92 Å². The summed E-state index contributed by atoms with van der Waals surface area (Å²) >= 11 is 0. The highest BCUT2D eigenvalue weighted by Crippen LogP contribution is 2.01. The van der Waals surface area contributed by atoms with Crippen molar-refractivity contribution in [2.24, 2.45) is 5.73 Å². The molecule has 0 spiro atoms. The zero-order chi connectivity index (χ0) is 6.57. The first-order valence-corrected chi connectivity index (χ1v) is 2.40. The summed E-state index contributed by atoms with van der Waals surface area (Å²) < 4.78 is 0. The topological polar surface area (TPSA) is 46.2 Å². The molecule has 8 heavy (non-hydrogen) atoms. The van der Waals surface area contributed by atoms with Crippen LogP contribution in [-0.4, -0.2) is 11.7 Å². The molecule has 0 saturated carbocycles. The number of hydrogen-bond donors (Lipinski definition) is 2. The van der Waals surface area contributed by atoms with E-state index in [1.165, 1.54) is 6.20 Å². The highest BCUT2D eigenvalue weighted by atomic mass is 16.3. The minimum atomic E-state index is -0.0220. The number of rotatable bonds is 2. The summed E-state index contributed by atoms with van der Waals surface area (Å²) in [5.74, 6) is 0. The van der Waals surface area contributed by atoms with Crippen LogP contribution < -0.4 is 5.73 Å². The Balaban J connectivity index is 3.92. The lowest BCUT2D eigenvalue weighted by atomic mass is 10.2. The SMILES string of the molecule is C=C(C)/C(=C\N)CO. The van der Waals surface area contributed by atoms with E-state index in [4.69, 9.17) is 10.8 Å². The van der Waals surface area contributed by atoms with Crippen molar-refractivity contribution >= 4 is 0 Å². The Morgan fingerprint density at radius 2 is 2.38 bits per heavy atom. The first kappa shape index (κ1) is 7.24. The summed E-state index contributed by atoms with van der Waals surface area (Å²) in [7, 11) is 0. The molecule has 0 aromatic rings. The van der Waals surface area contributed by atoms with Crippen molar-refractivity contribution in [1.82, 2.24) is 0 Å². The van der Waals surface area contributed by atoms with Crippen LogP contribution in [0.15, 0.2) is 23.9 Å². The summed E-state index contributed by atoms with van der Waals surface area (Å²) in [5, 5.41) is 8.49. The van der Waals surface area contributed by atoms with E-state index in [2.05, 4.69) is 6.58 Å². The van der Waals surface area contributed by atoms with E-state index in [0.717, 1.165) is 5.57 Å². The van der Waals surface area contributed by atoms with Crippen molar-refractivity contribution < 1.29 is 5.11 Å². The fourth-order valence-corrected chi connectivity index (χ4v) is 0.330. The van der Waals surface area contributed by atoms with E-state index in [0.29, 0.717) is 5.57 Å². The second kappa shape index (κ2) is 3.27. The molecule has 0 radical (unpaired) electrons. The zero-order valence-electron chi connectivity index (χ0n) is 5.02. The fraction of sp³-hybridized carbons (Fsp3) is 0.333. The van der Waals surface area contributed by atoms with E-state index in [1.807, 2.05) is 0 Å². The predicted molar refractivity (Wildman–Crippen MR) is 34.2 cm³/mol. The molecule has 0 aliphatic rings. The van der Waals surface area contributed by atoms with Gasteiger partial charge in [-0.1, -0.05) is 12.2 Å². The monoisotopic (exact) mass is 113 g/mol. The quantitative estimate of drug-likeness (QED) is 0.509. The minimum absolute atomic E-state index is 0.0220. The molecule has 0 amide bonds. The van der Waals surface area contributed by atoms with Crippen LogP contribution in [0.3, 0.4) is 0 Å². The highest BCUT2D eigenvalue weighted by molar-refractivity contribution is 5.25. The van der Waals surface area contributed by atoms with Gasteiger partial charge in [0.05, 0.1) is 6.61 Å². The third-order valence-corrected chi connectivity index (χ3v) is 0.920. The predicted octanol–water partition coefficient (Wildman–Crippen LogP) is 0.397. The lowest BCUT2D eigenvalue weighted by molar-refractivity contribution is 0.333. The van der Waals surface area contributed by atoms with Gasteiger partial charge in [-0.25, -0.2) is 0 Å². The Hall–Kier alpha value is -0.760.